The van der Waals surface area contributed by atoms with E-state index in [1.807, 2.05) is 13.1 Å². The fraction of sp³-hybridized carbons (Fsp3) is 0.667. The maximum Gasteiger partial charge on any atom is 0.165 e. The van der Waals surface area contributed by atoms with Gasteiger partial charge in [-0.1, -0.05) is 25.8 Å². The van der Waals surface area contributed by atoms with Gasteiger partial charge in [0.2, 0.25) is 0 Å². The minimum atomic E-state index is -0.247. The summed E-state index contributed by atoms with van der Waals surface area (Å²) in [4.78, 5) is 0. The molecule has 2 rings (SSSR count). The van der Waals surface area contributed by atoms with Gasteiger partial charge in [0, 0.05) is 0 Å². The molecular weight excluding hydrogens is 265 g/mol. The predicted molar refractivity (Wildman–Crippen MR) is 85.2 cm³/mol. The van der Waals surface area contributed by atoms with Crippen LogP contribution in [-0.2, 0) is 6.42 Å². The molecule has 0 aromatic heterocycles. The number of methoxy groups -OCH3 is 1. The first kappa shape index (κ1) is 16.3. The largest absolute Gasteiger partial charge is 0.494 e. The van der Waals surface area contributed by atoms with E-state index in [1.54, 1.807) is 12.1 Å². The molecule has 1 N–H and O–H groups in total. The van der Waals surface area contributed by atoms with Gasteiger partial charge in [0.25, 0.3) is 0 Å². The Bertz CT molecular complexity index is 449. The molecule has 0 heterocycles. The fourth-order valence-electron chi connectivity index (χ4n) is 3.72. The molecule has 0 aliphatic heterocycles. The monoisotopic (exact) mass is 293 g/mol. The van der Waals surface area contributed by atoms with E-state index in [1.165, 1.54) is 32.8 Å². The second-order valence-electron chi connectivity index (χ2n) is 6.34. The van der Waals surface area contributed by atoms with Crippen LogP contribution < -0.4 is 10.1 Å². The normalized spacial score (nSPS) is 25.8. The number of hydrogen-bond donors (Lipinski definition) is 1. The van der Waals surface area contributed by atoms with Crippen LogP contribution in [0, 0.1) is 23.6 Å². The molecule has 1 aliphatic carbocycles. The fourth-order valence-corrected chi connectivity index (χ4v) is 3.72. The zero-order valence-corrected chi connectivity index (χ0v) is 13.5. The first-order valence-corrected chi connectivity index (χ1v) is 8.14. The summed E-state index contributed by atoms with van der Waals surface area (Å²) in [7, 11) is 3.53. The summed E-state index contributed by atoms with van der Waals surface area (Å²) < 4.78 is 18.9. The predicted octanol–water partition coefficient (Wildman–Crippen LogP) is 4.04. The number of hydrogen-bond acceptors (Lipinski definition) is 2. The van der Waals surface area contributed by atoms with Crippen LogP contribution in [0.2, 0.25) is 0 Å². The van der Waals surface area contributed by atoms with E-state index in [2.05, 4.69) is 12.2 Å². The quantitative estimate of drug-likeness (QED) is 0.854. The summed E-state index contributed by atoms with van der Waals surface area (Å²) in [6, 6.07) is 5.40. The molecule has 1 aromatic carbocycles. The van der Waals surface area contributed by atoms with Crippen LogP contribution in [0.5, 0.6) is 5.75 Å². The molecule has 0 amide bonds. The highest BCUT2D eigenvalue weighted by Crippen LogP contribution is 2.37. The zero-order valence-electron chi connectivity index (χ0n) is 13.5. The molecule has 3 atom stereocenters. The van der Waals surface area contributed by atoms with Crippen LogP contribution >= 0.6 is 0 Å². The summed E-state index contributed by atoms with van der Waals surface area (Å²) in [6.07, 6.45) is 6.15. The summed E-state index contributed by atoms with van der Waals surface area (Å²) in [5.41, 5.74) is 1.09. The molecular formula is C18H28FNO. The van der Waals surface area contributed by atoms with Crippen LogP contribution in [0.3, 0.4) is 0 Å². The Morgan fingerprint density at radius 2 is 2.10 bits per heavy atom. The highest BCUT2D eigenvalue weighted by atomic mass is 19.1. The van der Waals surface area contributed by atoms with Gasteiger partial charge in [-0.3, -0.25) is 0 Å². The second-order valence-corrected chi connectivity index (χ2v) is 6.34. The molecule has 0 saturated heterocycles. The summed E-state index contributed by atoms with van der Waals surface area (Å²) in [5, 5.41) is 3.32. The molecule has 0 bridgehead atoms. The molecule has 3 unspecified atom stereocenters. The topological polar surface area (TPSA) is 21.3 Å². The second kappa shape index (κ2) is 7.79. The molecule has 1 aromatic rings. The Labute approximate surface area is 128 Å². The van der Waals surface area contributed by atoms with Gasteiger partial charge in [-0.05, 0) is 68.3 Å². The van der Waals surface area contributed by atoms with E-state index in [9.17, 15) is 4.39 Å². The smallest absolute Gasteiger partial charge is 0.165 e. The molecule has 118 valence electrons. The third-order valence-corrected chi connectivity index (χ3v) is 5.01. The van der Waals surface area contributed by atoms with Crippen molar-refractivity contribution in [3.8, 4) is 5.75 Å². The molecule has 0 spiro atoms. The van der Waals surface area contributed by atoms with Crippen LogP contribution in [0.25, 0.3) is 0 Å². The zero-order chi connectivity index (χ0) is 15.2. The molecule has 1 saturated carbocycles. The maximum absolute atomic E-state index is 13.9. The molecule has 1 fully saturated rings. The summed E-state index contributed by atoms with van der Waals surface area (Å²) >= 11 is 0. The lowest BCUT2D eigenvalue weighted by molar-refractivity contribution is 0.173. The van der Waals surface area contributed by atoms with Crippen molar-refractivity contribution in [1.29, 1.82) is 0 Å². The van der Waals surface area contributed by atoms with Gasteiger partial charge in [0.1, 0.15) is 0 Å². The van der Waals surface area contributed by atoms with Crippen molar-refractivity contribution < 1.29 is 9.13 Å². The number of benzene rings is 1. The number of halogens is 1. The first-order valence-electron chi connectivity index (χ1n) is 8.14. The lowest BCUT2D eigenvalue weighted by Crippen LogP contribution is -2.33. The summed E-state index contributed by atoms with van der Waals surface area (Å²) in [6.45, 7) is 3.35. The van der Waals surface area contributed by atoms with Crippen molar-refractivity contribution in [3.63, 3.8) is 0 Å². The SMILES string of the molecule is CCC1CCC(CNC)C(Cc2ccc(OC)c(F)c2)C1. The van der Waals surface area contributed by atoms with Gasteiger partial charge in [0.05, 0.1) is 7.11 Å². The Kier molecular flexibility index (Phi) is 6.04. The molecule has 1 aliphatic rings. The van der Waals surface area contributed by atoms with Gasteiger partial charge in [-0.25, -0.2) is 4.39 Å². The first-order chi connectivity index (χ1) is 10.2. The van der Waals surface area contributed by atoms with Crippen molar-refractivity contribution in [2.24, 2.45) is 17.8 Å². The molecule has 21 heavy (non-hydrogen) atoms. The van der Waals surface area contributed by atoms with Gasteiger partial charge in [-0.2, -0.15) is 0 Å². The van der Waals surface area contributed by atoms with E-state index in [4.69, 9.17) is 4.74 Å². The number of rotatable bonds is 6. The van der Waals surface area contributed by atoms with Crippen LogP contribution in [0.15, 0.2) is 18.2 Å². The van der Waals surface area contributed by atoms with Crippen LogP contribution in [-0.4, -0.2) is 20.7 Å². The van der Waals surface area contributed by atoms with Gasteiger partial charge in [0.15, 0.2) is 11.6 Å². The highest BCUT2D eigenvalue weighted by molar-refractivity contribution is 5.29. The van der Waals surface area contributed by atoms with Gasteiger partial charge < -0.3 is 10.1 Å². The van der Waals surface area contributed by atoms with Gasteiger partial charge in [-0.15, -0.1) is 0 Å². The van der Waals surface area contributed by atoms with Crippen LogP contribution in [0.4, 0.5) is 4.39 Å². The average molecular weight is 293 g/mol. The number of nitrogens with one attached hydrogen (secondary N) is 1. The third-order valence-electron chi connectivity index (χ3n) is 5.01. The van der Waals surface area contributed by atoms with Crippen molar-refractivity contribution in [2.45, 2.75) is 39.0 Å². The van der Waals surface area contributed by atoms with E-state index >= 15 is 0 Å². The Balaban J connectivity index is 2.07. The summed E-state index contributed by atoms with van der Waals surface area (Å²) in [5.74, 6) is 2.29. The van der Waals surface area contributed by atoms with E-state index < -0.39 is 0 Å². The maximum atomic E-state index is 13.9. The molecule has 2 nitrogen and oxygen atoms in total. The number of ether oxygens (including phenoxy) is 1. The minimum absolute atomic E-state index is 0.247. The van der Waals surface area contributed by atoms with Crippen molar-refractivity contribution in [2.75, 3.05) is 20.7 Å². The Hall–Kier alpha value is -1.09. The molecule has 3 heteroatoms. The van der Waals surface area contributed by atoms with Crippen molar-refractivity contribution >= 4 is 0 Å². The van der Waals surface area contributed by atoms with Gasteiger partial charge >= 0.3 is 0 Å². The van der Waals surface area contributed by atoms with E-state index in [-0.39, 0.29) is 5.82 Å². The Morgan fingerprint density at radius 3 is 2.71 bits per heavy atom. The lowest BCUT2D eigenvalue weighted by Gasteiger charge is -2.36. The molecule has 0 radical (unpaired) electrons. The van der Waals surface area contributed by atoms with E-state index in [0.717, 1.165) is 24.4 Å². The van der Waals surface area contributed by atoms with Crippen molar-refractivity contribution in [1.82, 2.24) is 5.32 Å². The third kappa shape index (κ3) is 4.19. The standard InChI is InChI=1S/C18H28FNO/c1-4-13-5-7-15(12-20-2)16(9-13)10-14-6-8-18(21-3)17(19)11-14/h6,8,11,13,15-16,20H,4-5,7,9-10,12H2,1-3H3. The van der Waals surface area contributed by atoms with E-state index in [0.29, 0.717) is 17.6 Å². The Morgan fingerprint density at radius 1 is 1.29 bits per heavy atom. The van der Waals surface area contributed by atoms with Crippen molar-refractivity contribution in [3.05, 3.63) is 29.6 Å². The minimum Gasteiger partial charge on any atom is -0.494 e. The highest BCUT2D eigenvalue weighted by Gasteiger charge is 2.29. The average Bonchev–Trinajstić information content (AvgIpc) is 2.49. The van der Waals surface area contributed by atoms with Crippen LogP contribution in [0.1, 0.15) is 38.2 Å². The lowest BCUT2D eigenvalue weighted by atomic mass is 9.71.